The normalized spacial score (nSPS) is 22.3. The van der Waals surface area contributed by atoms with Crippen LogP contribution in [0, 0.1) is 5.41 Å². The fourth-order valence-electron chi connectivity index (χ4n) is 2.49. The lowest BCUT2D eigenvalue weighted by Gasteiger charge is -2.34. The highest BCUT2D eigenvalue weighted by Gasteiger charge is 2.33. The molecule has 1 saturated carbocycles. The molecule has 0 heterocycles. The van der Waals surface area contributed by atoms with Gasteiger partial charge in [0.05, 0.1) is 5.60 Å². The van der Waals surface area contributed by atoms with Crippen LogP contribution in [-0.2, 0) is 0 Å². The molecule has 1 fully saturated rings. The summed E-state index contributed by atoms with van der Waals surface area (Å²) in [4.78, 5) is 0. The minimum atomic E-state index is -0.501. The van der Waals surface area contributed by atoms with Crippen molar-refractivity contribution in [3.63, 3.8) is 0 Å². The van der Waals surface area contributed by atoms with Gasteiger partial charge in [0, 0.05) is 19.2 Å². The minimum Gasteiger partial charge on any atom is -0.396 e. The van der Waals surface area contributed by atoms with Crippen LogP contribution < -0.4 is 5.32 Å². The van der Waals surface area contributed by atoms with Crippen LogP contribution in [0.25, 0.3) is 0 Å². The van der Waals surface area contributed by atoms with E-state index in [-0.39, 0.29) is 18.1 Å². The summed E-state index contributed by atoms with van der Waals surface area (Å²) in [5.74, 6) is 0. The fourth-order valence-corrected chi connectivity index (χ4v) is 2.49. The Morgan fingerprint density at radius 3 is 2.25 bits per heavy atom. The Hall–Kier alpha value is -0.120. The second-order valence-corrected chi connectivity index (χ2v) is 6.24. The average Bonchev–Trinajstić information content (AvgIpc) is 2.58. The minimum absolute atomic E-state index is 0.123. The molecule has 0 radical (unpaired) electrons. The van der Waals surface area contributed by atoms with Gasteiger partial charge >= 0.3 is 0 Å². The lowest BCUT2D eigenvalue weighted by molar-refractivity contribution is 0.0380. The summed E-state index contributed by atoms with van der Waals surface area (Å²) in [6.45, 7) is 7.36. The third-order valence-electron chi connectivity index (χ3n) is 3.67. The van der Waals surface area contributed by atoms with E-state index in [0.717, 1.165) is 32.1 Å². The zero-order valence-corrected chi connectivity index (χ0v) is 10.9. The van der Waals surface area contributed by atoms with Gasteiger partial charge in [0.2, 0.25) is 0 Å². The lowest BCUT2D eigenvalue weighted by Crippen LogP contribution is -2.48. The molecule has 0 aromatic rings. The molecule has 0 bridgehead atoms. The number of nitrogens with one attached hydrogen (secondary N) is 1. The Labute approximate surface area is 99.3 Å². The molecular weight excluding hydrogens is 202 g/mol. The monoisotopic (exact) mass is 229 g/mol. The molecule has 1 rings (SSSR count). The van der Waals surface area contributed by atoms with Crippen LogP contribution in [0.15, 0.2) is 0 Å². The largest absolute Gasteiger partial charge is 0.396 e. The molecule has 3 N–H and O–H groups in total. The average molecular weight is 229 g/mol. The van der Waals surface area contributed by atoms with E-state index in [4.69, 9.17) is 5.11 Å². The predicted molar refractivity (Wildman–Crippen MR) is 66.4 cm³/mol. The second-order valence-electron chi connectivity index (χ2n) is 6.24. The third kappa shape index (κ3) is 4.04. The third-order valence-corrected chi connectivity index (χ3v) is 3.67. The van der Waals surface area contributed by atoms with E-state index in [2.05, 4.69) is 26.1 Å². The fraction of sp³-hybridized carbons (Fsp3) is 1.00. The first kappa shape index (κ1) is 13.9. The zero-order valence-electron chi connectivity index (χ0n) is 10.9. The predicted octanol–water partition coefficient (Wildman–Crippen LogP) is 1.68. The maximum absolute atomic E-state index is 10.2. The summed E-state index contributed by atoms with van der Waals surface area (Å²) in [5, 5.41) is 22.7. The Bertz CT molecular complexity index is 204. The maximum Gasteiger partial charge on any atom is 0.0771 e. The number of rotatable bonds is 5. The van der Waals surface area contributed by atoms with Gasteiger partial charge < -0.3 is 15.5 Å². The van der Waals surface area contributed by atoms with Crippen molar-refractivity contribution in [2.24, 2.45) is 5.41 Å². The highest BCUT2D eigenvalue weighted by molar-refractivity contribution is 4.89. The van der Waals surface area contributed by atoms with Crippen LogP contribution in [0.5, 0.6) is 0 Å². The van der Waals surface area contributed by atoms with Crippen molar-refractivity contribution in [2.75, 3.05) is 13.2 Å². The Morgan fingerprint density at radius 2 is 1.81 bits per heavy atom. The van der Waals surface area contributed by atoms with E-state index >= 15 is 0 Å². The highest BCUT2D eigenvalue weighted by Crippen LogP contribution is 2.30. The van der Waals surface area contributed by atoms with Crippen LogP contribution in [0.3, 0.4) is 0 Å². The molecule has 0 amide bonds. The number of aliphatic hydroxyl groups is 2. The van der Waals surface area contributed by atoms with E-state index in [1.54, 1.807) is 0 Å². The molecule has 0 aromatic heterocycles. The summed E-state index contributed by atoms with van der Waals surface area (Å²) < 4.78 is 0. The summed E-state index contributed by atoms with van der Waals surface area (Å²) in [5.41, 5.74) is -0.378. The van der Waals surface area contributed by atoms with Crippen LogP contribution >= 0.6 is 0 Å². The first-order valence-corrected chi connectivity index (χ1v) is 6.44. The Kier molecular flexibility index (Phi) is 4.77. The first-order chi connectivity index (χ1) is 7.37. The van der Waals surface area contributed by atoms with E-state index in [9.17, 15) is 5.11 Å². The van der Waals surface area contributed by atoms with Gasteiger partial charge in [0.15, 0.2) is 0 Å². The molecule has 3 heteroatoms. The number of hydrogen-bond acceptors (Lipinski definition) is 3. The molecule has 3 nitrogen and oxygen atoms in total. The molecular formula is C13H27NO2. The smallest absolute Gasteiger partial charge is 0.0771 e. The van der Waals surface area contributed by atoms with E-state index in [1.165, 1.54) is 0 Å². The number of hydrogen-bond donors (Lipinski definition) is 3. The van der Waals surface area contributed by atoms with Gasteiger partial charge in [-0.1, -0.05) is 33.6 Å². The van der Waals surface area contributed by atoms with Gasteiger partial charge in [-0.3, -0.25) is 0 Å². The Balaban J connectivity index is 2.43. The summed E-state index contributed by atoms with van der Waals surface area (Å²) in [6, 6.07) is 0.266. The van der Waals surface area contributed by atoms with Crippen molar-refractivity contribution in [3.05, 3.63) is 0 Å². The quantitative estimate of drug-likeness (QED) is 0.672. The van der Waals surface area contributed by atoms with Gasteiger partial charge in [-0.05, 0) is 24.7 Å². The van der Waals surface area contributed by atoms with E-state index in [0.29, 0.717) is 6.54 Å². The zero-order chi connectivity index (χ0) is 12.2. The van der Waals surface area contributed by atoms with Crippen LogP contribution in [-0.4, -0.2) is 35.0 Å². The van der Waals surface area contributed by atoms with Crippen molar-refractivity contribution in [2.45, 2.75) is 64.5 Å². The van der Waals surface area contributed by atoms with Crippen molar-refractivity contribution >= 4 is 0 Å². The molecule has 1 aliphatic carbocycles. The molecule has 0 saturated heterocycles. The first-order valence-electron chi connectivity index (χ1n) is 6.44. The van der Waals surface area contributed by atoms with Crippen molar-refractivity contribution in [1.82, 2.24) is 5.32 Å². The van der Waals surface area contributed by atoms with Crippen molar-refractivity contribution in [3.8, 4) is 0 Å². The summed E-state index contributed by atoms with van der Waals surface area (Å²) >= 11 is 0. The van der Waals surface area contributed by atoms with Crippen LogP contribution in [0.4, 0.5) is 0 Å². The molecule has 0 aliphatic heterocycles. The summed E-state index contributed by atoms with van der Waals surface area (Å²) in [7, 11) is 0. The highest BCUT2D eigenvalue weighted by atomic mass is 16.3. The van der Waals surface area contributed by atoms with Crippen LogP contribution in [0.1, 0.15) is 52.9 Å². The van der Waals surface area contributed by atoms with Gasteiger partial charge in [-0.15, -0.1) is 0 Å². The molecule has 16 heavy (non-hydrogen) atoms. The second kappa shape index (κ2) is 5.48. The molecule has 0 aromatic carbocycles. The van der Waals surface area contributed by atoms with Gasteiger partial charge in [-0.2, -0.15) is 0 Å². The number of aliphatic hydroxyl groups excluding tert-OH is 1. The standard InChI is InChI=1S/C13H27NO2/c1-12(2,3)11(6-9-15)14-10-13(16)7-4-5-8-13/h11,14-16H,4-10H2,1-3H3. The van der Waals surface area contributed by atoms with Crippen molar-refractivity contribution in [1.29, 1.82) is 0 Å². The molecule has 0 spiro atoms. The molecule has 1 aliphatic rings. The van der Waals surface area contributed by atoms with Gasteiger partial charge in [0.1, 0.15) is 0 Å². The van der Waals surface area contributed by atoms with E-state index < -0.39 is 5.60 Å². The van der Waals surface area contributed by atoms with Crippen LogP contribution in [0.2, 0.25) is 0 Å². The molecule has 1 unspecified atom stereocenters. The summed E-state index contributed by atoms with van der Waals surface area (Å²) in [6.07, 6.45) is 4.85. The topological polar surface area (TPSA) is 52.5 Å². The van der Waals surface area contributed by atoms with E-state index in [1.807, 2.05) is 0 Å². The lowest BCUT2D eigenvalue weighted by atomic mass is 9.84. The van der Waals surface area contributed by atoms with Crippen molar-refractivity contribution < 1.29 is 10.2 Å². The Morgan fingerprint density at radius 1 is 1.25 bits per heavy atom. The van der Waals surface area contributed by atoms with Gasteiger partial charge in [0.25, 0.3) is 0 Å². The molecule has 1 atom stereocenters. The van der Waals surface area contributed by atoms with Gasteiger partial charge in [-0.25, -0.2) is 0 Å². The maximum atomic E-state index is 10.2. The SMILES string of the molecule is CC(C)(C)C(CCO)NCC1(O)CCCC1. The molecule has 96 valence electrons.